The van der Waals surface area contributed by atoms with Crippen LogP contribution in [0.4, 0.5) is 0 Å². The Morgan fingerprint density at radius 3 is 1.89 bits per heavy atom. The van der Waals surface area contributed by atoms with Gasteiger partial charge in [0.15, 0.2) is 0 Å². The van der Waals surface area contributed by atoms with Crippen molar-refractivity contribution in [2.75, 3.05) is 26.2 Å². The smallest absolute Gasteiger partial charge is 0.0218 e. The van der Waals surface area contributed by atoms with E-state index in [1.165, 1.54) is 32.4 Å². The fourth-order valence-electron chi connectivity index (χ4n) is 2.49. The van der Waals surface area contributed by atoms with Crippen LogP contribution in [0.1, 0.15) is 60.8 Å². The summed E-state index contributed by atoms with van der Waals surface area (Å²) in [5.41, 5.74) is 0. The Hall–Kier alpha value is -0.0800. The van der Waals surface area contributed by atoms with Crippen molar-refractivity contribution in [3.05, 3.63) is 0 Å². The van der Waals surface area contributed by atoms with Gasteiger partial charge >= 0.3 is 0 Å². The first-order chi connectivity index (χ1) is 8.58. The third kappa shape index (κ3) is 7.38. The van der Waals surface area contributed by atoms with E-state index >= 15 is 0 Å². The van der Waals surface area contributed by atoms with E-state index in [9.17, 15) is 0 Å². The maximum Gasteiger partial charge on any atom is 0.0218 e. The largest absolute Gasteiger partial charge is 0.315 e. The molecule has 0 bridgehead atoms. The Morgan fingerprint density at radius 2 is 1.50 bits per heavy atom. The van der Waals surface area contributed by atoms with E-state index in [1.807, 2.05) is 0 Å². The Bertz CT molecular complexity index is 176. The van der Waals surface area contributed by atoms with Gasteiger partial charge in [0.2, 0.25) is 0 Å². The van der Waals surface area contributed by atoms with Crippen molar-refractivity contribution in [2.24, 2.45) is 11.8 Å². The Balaban J connectivity index is 4.20. The zero-order valence-electron chi connectivity index (χ0n) is 13.6. The van der Waals surface area contributed by atoms with Gasteiger partial charge in [-0.25, -0.2) is 0 Å². The Morgan fingerprint density at radius 1 is 0.889 bits per heavy atom. The summed E-state index contributed by atoms with van der Waals surface area (Å²) >= 11 is 0. The van der Waals surface area contributed by atoms with E-state index in [1.54, 1.807) is 0 Å². The molecule has 0 aromatic heterocycles. The van der Waals surface area contributed by atoms with Crippen LogP contribution in [0.15, 0.2) is 0 Å². The highest BCUT2D eigenvalue weighted by Gasteiger charge is 2.17. The molecule has 0 aromatic rings. The highest BCUT2D eigenvalue weighted by atomic mass is 15.2. The molecule has 0 spiro atoms. The second-order valence-electron chi connectivity index (χ2n) is 5.88. The minimum Gasteiger partial charge on any atom is -0.315 e. The molecule has 0 rings (SSSR count). The molecule has 2 heteroatoms. The van der Waals surface area contributed by atoms with Crippen molar-refractivity contribution in [1.29, 1.82) is 0 Å². The van der Waals surface area contributed by atoms with Gasteiger partial charge in [-0.05, 0) is 31.3 Å². The summed E-state index contributed by atoms with van der Waals surface area (Å²) in [5.74, 6) is 1.61. The molecule has 110 valence electrons. The molecule has 0 amide bonds. The number of likely N-dealkylation sites (N-methyl/N-ethyl adjacent to an activating group) is 1. The van der Waals surface area contributed by atoms with Gasteiger partial charge in [0.1, 0.15) is 0 Å². The number of hydrogen-bond donors (Lipinski definition) is 1. The molecule has 0 fully saturated rings. The first-order valence-electron chi connectivity index (χ1n) is 8.03. The van der Waals surface area contributed by atoms with Crippen LogP contribution in [0.5, 0.6) is 0 Å². The van der Waals surface area contributed by atoms with Gasteiger partial charge in [-0.2, -0.15) is 0 Å². The maximum atomic E-state index is 3.62. The van der Waals surface area contributed by atoms with Gasteiger partial charge in [-0.3, -0.25) is 4.90 Å². The summed E-state index contributed by atoms with van der Waals surface area (Å²) in [6, 6.07) is 0.703. The monoisotopic (exact) mass is 256 g/mol. The van der Waals surface area contributed by atoms with Crippen LogP contribution < -0.4 is 5.32 Å². The molecular formula is C16H36N2. The van der Waals surface area contributed by atoms with Crippen molar-refractivity contribution in [3.8, 4) is 0 Å². The van der Waals surface area contributed by atoms with E-state index in [-0.39, 0.29) is 0 Å². The molecular weight excluding hydrogens is 220 g/mol. The zero-order chi connectivity index (χ0) is 14.0. The molecule has 0 aliphatic rings. The second-order valence-corrected chi connectivity index (χ2v) is 5.88. The van der Waals surface area contributed by atoms with Crippen molar-refractivity contribution in [3.63, 3.8) is 0 Å². The minimum absolute atomic E-state index is 0.703. The topological polar surface area (TPSA) is 15.3 Å². The number of nitrogens with one attached hydrogen (secondary N) is 1. The molecule has 2 nitrogen and oxygen atoms in total. The van der Waals surface area contributed by atoms with Gasteiger partial charge in [0.25, 0.3) is 0 Å². The molecule has 0 heterocycles. The summed E-state index contributed by atoms with van der Waals surface area (Å²) in [6.07, 6.45) is 3.87. The van der Waals surface area contributed by atoms with Crippen molar-refractivity contribution < 1.29 is 0 Å². The van der Waals surface area contributed by atoms with Crippen LogP contribution in [-0.2, 0) is 0 Å². The standard InChI is InChI=1S/C16H36N2/c1-7-15(8-2)13-18(10-4)16(9-3)12-17-11-14(5)6/h14-17H,7-13H2,1-6H3. The van der Waals surface area contributed by atoms with Crippen molar-refractivity contribution >= 4 is 0 Å². The molecule has 0 aromatic carbocycles. The lowest BCUT2D eigenvalue weighted by atomic mass is 10.0. The van der Waals surface area contributed by atoms with E-state index in [0.29, 0.717) is 6.04 Å². The van der Waals surface area contributed by atoms with Crippen LogP contribution in [0.25, 0.3) is 0 Å². The maximum absolute atomic E-state index is 3.62. The number of nitrogens with zero attached hydrogens (tertiary/aromatic N) is 1. The van der Waals surface area contributed by atoms with Crippen LogP contribution in [-0.4, -0.2) is 37.1 Å². The van der Waals surface area contributed by atoms with Crippen molar-refractivity contribution in [2.45, 2.75) is 66.8 Å². The fraction of sp³-hybridized carbons (Fsp3) is 1.00. The first-order valence-corrected chi connectivity index (χ1v) is 8.03. The van der Waals surface area contributed by atoms with E-state index in [4.69, 9.17) is 0 Å². The van der Waals surface area contributed by atoms with Crippen LogP contribution in [0.3, 0.4) is 0 Å². The third-order valence-electron chi connectivity index (χ3n) is 3.97. The molecule has 0 saturated carbocycles. The molecule has 0 saturated heterocycles. The first kappa shape index (κ1) is 17.9. The summed E-state index contributed by atoms with van der Waals surface area (Å²) in [7, 11) is 0. The predicted molar refractivity (Wildman–Crippen MR) is 83.1 cm³/mol. The number of rotatable bonds is 11. The number of hydrogen-bond acceptors (Lipinski definition) is 2. The average molecular weight is 256 g/mol. The third-order valence-corrected chi connectivity index (χ3v) is 3.97. The van der Waals surface area contributed by atoms with E-state index in [2.05, 4.69) is 51.8 Å². The average Bonchev–Trinajstić information content (AvgIpc) is 2.37. The summed E-state index contributed by atoms with van der Waals surface area (Å²) < 4.78 is 0. The lowest BCUT2D eigenvalue weighted by Gasteiger charge is -2.33. The van der Waals surface area contributed by atoms with Crippen LogP contribution >= 0.6 is 0 Å². The van der Waals surface area contributed by atoms with Gasteiger partial charge in [-0.15, -0.1) is 0 Å². The molecule has 1 unspecified atom stereocenters. The van der Waals surface area contributed by atoms with E-state index < -0.39 is 0 Å². The van der Waals surface area contributed by atoms with Gasteiger partial charge < -0.3 is 5.32 Å². The molecule has 1 atom stereocenters. The molecule has 0 aliphatic carbocycles. The Kier molecular flexibility index (Phi) is 10.8. The molecule has 18 heavy (non-hydrogen) atoms. The van der Waals surface area contributed by atoms with Crippen LogP contribution in [0, 0.1) is 11.8 Å². The Labute approximate surface area is 116 Å². The highest BCUT2D eigenvalue weighted by Crippen LogP contribution is 2.13. The zero-order valence-corrected chi connectivity index (χ0v) is 13.6. The van der Waals surface area contributed by atoms with Gasteiger partial charge in [0, 0.05) is 19.1 Å². The summed E-state index contributed by atoms with van der Waals surface area (Å²) in [6.45, 7) is 18.5. The van der Waals surface area contributed by atoms with E-state index in [0.717, 1.165) is 24.9 Å². The van der Waals surface area contributed by atoms with Crippen LogP contribution in [0.2, 0.25) is 0 Å². The summed E-state index contributed by atoms with van der Waals surface area (Å²) in [5, 5.41) is 3.62. The lowest BCUT2D eigenvalue weighted by molar-refractivity contribution is 0.162. The van der Waals surface area contributed by atoms with Crippen molar-refractivity contribution in [1.82, 2.24) is 10.2 Å². The quantitative estimate of drug-likeness (QED) is 0.605. The fourth-order valence-corrected chi connectivity index (χ4v) is 2.49. The normalized spacial score (nSPS) is 13.8. The van der Waals surface area contributed by atoms with Gasteiger partial charge in [-0.1, -0.05) is 54.4 Å². The molecule has 0 radical (unpaired) electrons. The second kappa shape index (κ2) is 10.8. The minimum atomic E-state index is 0.703. The SMILES string of the molecule is CCC(CC)CN(CC)C(CC)CNCC(C)C. The van der Waals surface area contributed by atoms with Gasteiger partial charge in [0.05, 0.1) is 0 Å². The summed E-state index contributed by atoms with van der Waals surface area (Å²) in [4.78, 5) is 2.67. The molecule has 0 aliphatic heterocycles. The lowest BCUT2D eigenvalue weighted by Crippen LogP contribution is -2.44. The highest BCUT2D eigenvalue weighted by molar-refractivity contribution is 4.74. The predicted octanol–water partition coefficient (Wildman–Crippen LogP) is 3.77. The molecule has 1 N–H and O–H groups in total.